The molecule has 1 fully saturated rings. The average molecular weight is 367 g/mol. The van der Waals surface area contributed by atoms with Crippen molar-refractivity contribution in [2.45, 2.75) is 46.3 Å². The Labute approximate surface area is 161 Å². The van der Waals surface area contributed by atoms with Crippen molar-refractivity contribution in [2.75, 3.05) is 13.1 Å². The highest BCUT2D eigenvalue weighted by Crippen LogP contribution is 2.27. The Morgan fingerprint density at radius 1 is 1.30 bits per heavy atom. The molecule has 0 saturated carbocycles. The largest absolute Gasteiger partial charge is 0.488 e. The van der Waals surface area contributed by atoms with Crippen molar-refractivity contribution in [3.05, 3.63) is 58.9 Å². The second-order valence-electron chi connectivity index (χ2n) is 7.58. The summed E-state index contributed by atoms with van der Waals surface area (Å²) in [6.07, 6.45) is 5.51. The van der Waals surface area contributed by atoms with Crippen LogP contribution in [0, 0.1) is 19.8 Å². The number of pyridine rings is 1. The third kappa shape index (κ3) is 4.66. The quantitative estimate of drug-likeness (QED) is 0.878. The summed E-state index contributed by atoms with van der Waals surface area (Å²) in [5.41, 5.74) is 9.72. The Kier molecular flexibility index (Phi) is 6.11. The molecule has 1 unspecified atom stereocenters. The fourth-order valence-electron chi connectivity index (χ4n) is 3.75. The van der Waals surface area contributed by atoms with Crippen LogP contribution in [0.1, 0.15) is 46.8 Å². The van der Waals surface area contributed by atoms with Gasteiger partial charge in [-0.15, -0.1) is 0 Å². The number of aryl methyl sites for hydroxylation is 2. The fraction of sp³-hybridized carbons (Fsp3) is 0.455. The molecule has 2 aromatic rings. The zero-order chi connectivity index (χ0) is 19.4. The smallest absolute Gasteiger partial charge is 0.253 e. The molecule has 144 valence electrons. The number of likely N-dealkylation sites (tertiary alicyclic amines) is 1. The highest BCUT2D eigenvalue weighted by molar-refractivity contribution is 5.95. The maximum absolute atomic E-state index is 12.9. The lowest BCUT2D eigenvalue weighted by Crippen LogP contribution is -2.42. The van der Waals surface area contributed by atoms with Crippen LogP contribution >= 0.6 is 0 Å². The first-order chi connectivity index (χ1) is 13.0. The number of hydrogen-bond donors (Lipinski definition) is 1. The third-order valence-corrected chi connectivity index (χ3v) is 5.38. The van der Waals surface area contributed by atoms with E-state index in [4.69, 9.17) is 10.5 Å². The maximum atomic E-state index is 12.9. The molecule has 1 aliphatic heterocycles. The lowest BCUT2D eigenvalue weighted by atomic mass is 9.90. The summed E-state index contributed by atoms with van der Waals surface area (Å²) in [6.45, 7) is 8.06. The minimum absolute atomic E-state index is 0.100. The highest BCUT2D eigenvalue weighted by Gasteiger charge is 2.26. The van der Waals surface area contributed by atoms with E-state index in [1.165, 1.54) is 0 Å². The van der Waals surface area contributed by atoms with Crippen LogP contribution in [0.4, 0.5) is 0 Å². The zero-order valence-corrected chi connectivity index (χ0v) is 16.4. The van der Waals surface area contributed by atoms with E-state index in [1.54, 1.807) is 12.4 Å². The van der Waals surface area contributed by atoms with E-state index in [9.17, 15) is 4.79 Å². The van der Waals surface area contributed by atoms with Crippen LogP contribution in [0.15, 0.2) is 36.7 Å². The van der Waals surface area contributed by atoms with Gasteiger partial charge in [-0.2, -0.15) is 0 Å². The van der Waals surface area contributed by atoms with Crippen LogP contribution in [0.25, 0.3) is 0 Å². The van der Waals surface area contributed by atoms with Gasteiger partial charge in [-0.1, -0.05) is 6.07 Å². The molecule has 0 aliphatic carbocycles. The molecule has 0 radical (unpaired) electrons. The second kappa shape index (κ2) is 8.53. The molecule has 0 spiro atoms. The molecular formula is C22H29N3O2. The summed E-state index contributed by atoms with van der Waals surface area (Å²) < 4.78 is 6.00. The van der Waals surface area contributed by atoms with Crippen LogP contribution in [-0.4, -0.2) is 34.9 Å². The first-order valence-corrected chi connectivity index (χ1v) is 9.63. The monoisotopic (exact) mass is 367 g/mol. The molecular weight excluding hydrogens is 338 g/mol. The molecule has 27 heavy (non-hydrogen) atoms. The summed E-state index contributed by atoms with van der Waals surface area (Å²) in [5.74, 6) is 1.45. The third-order valence-electron chi connectivity index (χ3n) is 5.38. The van der Waals surface area contributed by atoms with Gasteiger partial charge >= 0.3 is 0 Å². The van der Waals surface area contributed by atoms with Gasteiger partial charge in [0.15, 0.2) is 0 Å². The lowest BCUT2D eigenvalue weighted by Gasteiger charge is -2.34. The van der Waals surface area contributed by atoms with Crippen molar-refractivity contribution in [1.29, 1.82) is 0 Å². The highest BCUT2D eigenvalue weighted by atomic mass is 16.5. The summed E-state index contributed by atoms with van der Waals surface area (Å²) in [4.78, 5) is 19.0. The van der Waals surface area contributed by atoms with Crippen LogP contribution in [0.5, 0.6) is 5.75 Å². The Morgan fingerprint density at radius 2 is 1.96 bits per heavy atom. The van der Waals surface area contributed by atoms with E-state index in [0.717, 1.165) is 53.9 Å². The number of hydrogen-bond acceptors (Lipinski definition) is 4. The van der Waals surface area contributed by atoms with Crippen LogP contribution in [0.3, 0.4) is 0 Å². The van der Waals surface area contributed by atoms with Gasteiger partial charge in [-0.3, -0.25) is 9.78 Å². The number of ether oxygens (including phenoxy) is 1. The first-order valence-electron chi connectivity index (χ1n) is 9.63. The zero-order valence-electron chi connectivity index (χ0n) is 16.4. The van der Waals surface area contributed by atoms with Crippen LogP contribution < -0.4 is 10.5 Å². The van der Waals surface area contributed by atoms with Gasteiger partial charge in [-0.25, -0.2) is 0 Å². The van der Waals surface area contributed by atoms with Crippen molar-refractivity contribution in [2.24, 2.45) is 11.7 Å². The molecule has 5 heteroatoms. The summed E-state index contributed by atoms with van der Waals surface area (Å²) in [7, 11) is 0. The number of amides is 1. The summed E-state index contributed by atoms with van der Waals surface area (Å²) >= 11 is 0. The van der Waals surface area contributed by atoms with E-state index in [1.807, 2.05) is 43.0 Å². The standard InChI is InChI=1S/C22H29N3O2/c1-15-11-20(22(26)25-9-6-19(7-10-25)17(3)23)12-16(2)21(15)27-14-18-5-4-8-24-13-18/h4-5,8,11-13,17,19H,6-7,9-10,14,23H2,1-3H3. The van der Waals surface area contributed by atoms with Crippen LogP contribution in [0.2, 0.25) is 0 Å². The Hall–Kier alpha value is -2.40. The minimum atomic E-state index is 0.100. The van der Waals surface area contributed by atoms with E-state index in [2.05, 4.69) is 11.9 Å². The fourth-order valence-corrected chi connectivity index (χ4v) is 3.75. The number of rotatable bonds is 5. The van der Waals surface area contributed by atoms with Gasteiger partial charge in [0.1, 0.15) is 12.4 Å². The normalized spacial score (nSPS) is 16.2. The van der Waals surface area contributed by atoms with E-state index >= 15 is 0 Å². The van der Waals surface area contributed by atoms with Gasteiger partial charge in [0.25, 0.3) is 5.91 Å². The number of carbonyl (C=O) groups excluding carboxylic acids is 1. The molecule has 1 saturated heterocycles. The van der Waals surface area contributed by atoms with Crippen molar-refractivity contribution in [1.82, 2.24) is 9.88 Å². The average Bonchev–Trinajstić information content (AvgIpc) is 2.67. The lowest BCUT2D eigenvalue weighted by molar-refractivity contribution is 0.0680. The number of carbonyl (C=O) groups is 1. The molecule has 1 atom stereocenters. The van der Waals surface area contributed by atoms with Gasteiger partial charge in [-0.05, 0) is 68.9 Å². The van der Waals surface area contributed by atoms with Crippen molar-refractivity contribution >= 4 is 5.91 Å². The Balaban J connectivity index is 1.68. The molecule has 1 aliphatic rings. The maximum Gasteiger partial charge on any atom is 0.253 e. The van der Waals surface area contributed by atoms with Crippen molar-refractivity contribution in [3.63, 3.8) is 0 Å². The SMILES string of the molecule is Cc1cc(C(=O)N2CCC(C(C)N)CC2)cc(C)c1OCc1cccnc1. The Bertz CT molecular complexity index is 758. The van der Waals surface area contributed by atoms with E-state index < -0.39 is 0 Å². The molecule has 0 bridgehead atoms. The van der Waals surface area contributed by atoms with Crippen molar-refractivity contribution in [3.8, 4) is 5.75 Å². The predicted octanol–water partition coefficient (Wildman–Crippen LogP) is 3.48. The predicted molar refractivity (Wildman–Crippen MR) is 107 cm³/mol. The summed E-state index contributed by atoms with van der Waals surface area (Å²) in [5, 5.41) is 0. The van der Waals surface area contributed by atoms with Crippen molar-refractivity contribution < 1.29 is 9.53 Å². The van der Waals surface area contributed by atoms with Gasteiger partial charge in [0, 0.05) is 42.7 Å². The molecule has 5 nitrogen and oxygen atoms in total. The summed E-state index contributed by atoms with van der Waals surface area (Å²) in [6, 6.07) is 7.95. The molecule has 2 heterocycles. The minimum Gasteiger partial charge on any atom is -0.488 e. The number of benzene rings is 1. The number of nitrogens with zero attached hydrogens (tertiary/aromatic N) is 2. The first kappa shape index (κ1) is 19.4. The van der Waals surface area contributed by atoms with E-state index in [0.29, 0.717) is 12.5 Å². The number of aromatic nitrogens is 1. The van der Waals surface area contributed by atoms with Gasteiger partial charge in [0.2, 0.25) is 0 Å². The second-order valence-corrected chi connectivity index (χ2v) is 7.58. The van der Waals surface area contributed by atoms with Gasteiger partial charge in [0.05, 0.1) is 0 Å². The molecule has 3 rings (SSSR count). The number of nitrogens with two attached hydrogens (primary N) is 1. The van der Waals surface area contributed by atoms with Crippen LogP contribution in [-0.2, 0) is 6.61 Å². The number of piperidine rings is 1. The molecule has 1 amide bonds. The molecule has 2 N–H and O–H groups in total. The topological polar surface area (TPSA) is 68.5 Å². The van der Waals surface area contributed by atoms with E-state index in [-0.39, 0.29) is 11.9 Å². The van der Waals surface area contributed by atoms with Gasteiger partial charge < -0.3 is 15.4 Å². The molecule has 1 aromatic heterocycles. The Morgan fingerprint density at radius 3 is 2.52 bits per heavy atom. The molecule has 1 aromatic carbocycles.